The van der Waals surface area contributed by atoms with Crippen LogP contribution in [0.2, 0.25) is 0 Å². The number of para-hydroxylation sites is 1. The van der Waals surface area contributed by atoms with Crippen LogP contribution in [0.5, 0.6) is 5.75 Å². The van der Waals surface area contributed by atoms with Gasteiger partial charge < -0.3 is 19.8 Å². The molecule has 2 aromatic rings. The molecule has 0 aromatic heterocycles. The molecule has 9 heteroatoms. The van der Waals surface area contributed by atoms with Crippen LogP contribution >= 0.6 is 11.8 Å². The van der Waals surface area contributed by atoms with E-state index < -0.39 is 33.4 Å². The lowest BCUT2D eigenvalue weighted by Gasteiger charge is -2.34. The molecular formula is C25H33NO6S2. The van der Waals surface area contributed by atoms with E-state index in [4.69, 9.17) is 4.74 Å². The van der Waals surface area contributed by atoms with Gasteiger partial charge in [0.2, 0.25) is 0 Å². The SMILES string of the molecule is CCCC[C@@]1(C)CN(c2ccccc2)c2cc(SC)c(OC[C@](C)(O)C(=O)O)cc2S(=O)(=O)C1. The number of thioether (sulfide) groups is 1. The quantitative estimate of drug-likeness (QED) is 0.469. The Morgan fingerprint density at radius 1 is 1.26 bits per heavy atom. The first-order chi connectivity index (χ1) is 15.9. The number of aliphatic hydroxyl groups is 1. The molecule has 0 saturated carbocycles. The topological polar surface area (TPSA) is 104 Å². The summed E-state index contributed by atoms with van der Waals surface area (Å²) in [5.74, 6) is -1.18. The number of carboxylic acid groups (broad SMARTS) is 1. The first-order valence-electron chi connectivity index (χ1n) is 11.3. The number of fused-ring (bicyclic) bond motifs is 1. The van der Waals surface area contributed by atoms with Gasteiger partial charge in [-0.2, -0.15) is 0 Å². The van der Waals surface area contributed by atoms with Crippen molar-refractivity contribution in [2.24, 2.45) is 5.41 Å². The van der Waals surface area contributed by atoms with Gasteiger partial charge in [-0.1, -0.05) is 44.9 Å². The number of unbranched alkanes of at least 4 members (excludes halogenated alkanes) is 1. The second kappa shape index (κ2) is 10.2. The highest BCUT2D eigenvalue weighted by Crippen LogP contribution is 2.46. The second-order valence-corrected chi connectivity index (χ2v) is 12.2. The number of anilines is 2. The van der Waals surface area contributed by atoms with Crippen molar-refractivity contribution >= 4 is 38.9 Å². The van der Waals surface area contributed by atoms with E-state index in [9.17, 15) is 23.4 Å². The van der Waals surface area contributed by atoms with Crippen LogP contribution in [0.25, 0.3) is 0 Å². The fraction of sp³-hybridized carbons (Fsp3) is 0.480. The molecule has 1 aliphatic rings. The molecule has 2 N–H and O–H groups in total. The molecule has 0 unspecified atom stereocenters. The van der Waals surface area contributed by atoms with E-state index in [-0.39, 0.29) is 16.4 Å². The van der Waals surface area contributed by atoms with Crippen LogP contribution in [0, 0.1) is 5.41 Å². The van der Waals surface area contributed by atoms with Crippen LogP contribution in [-0.4, -0.2) is 55.4 Å². The molecule has 2 aromatic carbocycles. The second-order valence-electron chi connectivity index (χ2n) is 9.43. The number of hydrogen-bond acceptors (Lipinski definition) is 7. The molecule has 0 radical (unpaired) electrons. The Labute approximate surface area is 206 Å². The van der Waals surface area contributed by atoms with E-state index >= 15 is 0 Å². The van der Waals surface area contributed by atoms with Gasteiger partial charge in [-0.3, -0.25) is 0 Å². The van der Waals surface area contributed by atoms with Gasteiger partial charge in [0.25, 0.3) is 0 Å². The predicted molar refractivity (Wildman–Crippen MR) is 135 cm³/mol. The lowest BCUT2D eigenvalue weighted by atomic mass is 9.86. The summed E-state index contributed by atoms with van der Waals surface area (Å²) in [6, 6.07) is 13.0. The van der Waals surface area contributed by atoms with Crippen molar-refractivity contribution in [1.82, 2.24) is 0 Å². The summed E-state index contributed by atoms with van der Waals surface area (Å²) >= 11 is 1.37. The van der Waals surface area contributed by atoms with Gasteiger partial charge in [-0.15, -0.1) is 11.8 Å². The molecule has 0 spiro atoms. The summed E-state index contributed by atoms with van der Waals surface area (Å²) < 4.78 is 33.0. The van der Waals surface area contributed by atoms with E-state index in [0.717, 1.165) is 31.9 Å². The molecule has 0 bridgehead atoms. The monoisotopic (exact) mass is 507 g/mol. The van der Waals surface area contributed by atoms with Crippen molar-refractivity contribution in [3.8, 4) is 5.75 Å². The highest BCUT2D eigenvalue weighted by molar-refractivity contribution is 7.98. The van der Waals surface area contributed by atoms with Crippen LogP contribution < -0.4 is 9.64 Å². The predicted octanol–water partition coefficient (Wildman–Crippen LogP) is 4.74. The molecular weight excluding hydrogens is 474 g/mol. The molecule has 1 heterocycles. The molecule has 7 nitrogen and oxygen atoms in total. The average molecular weight is 508 g/mol. The number of ether oxygens (including phenoxy) is 1. The Morgan fingerprint density at radius 2 is 1.94 bits per heavy atom. The molecule has 2 atom stereocenters. The van der Waals surface area contributed by atoms with Crippen molar-refractivity contribution in [2.45, 2.75) is 55.4 Å². The smallest absolute Gasteiger partial charge is 0.339 e. The maximum Gasteiger partial charge on any atom is 0.339 e. The van der Waals surface area contributed by atoms with Gasteiger partial charge in [0.15, 0.2) is 15.4 Å². The highest BCUT2D eigenvalue weighted by Gasteiger charge is 2.40. The lowest BCUT2D eigenvalue weighted by molar-refractivity contribution is -0.159. The van der Waals surface area contributed by atoms with E-state index in [0.29, 0.717) is 17.1 Å². The van der Waals surface area contributed by atoms with Gasteiger partial charge in [-0.05, 0) is 43.2 Å². The molecule has 3 rings (SSSR count). The van der Waals surface area contributed by atoms with Gasteiger partial charge in [-0.25, -0.2) is 13.2 Å². The fourth-order valence-electron chi connectivity index (χ4n) is 4.19. The Kier molecular flexibility index (Phi) is 7.89. The van der Waals surface area contributed by atoms with E-state index in [2.05, 4.69) is 11.8 Å². The minimum Gasteiger partial charge on any atom is -0.489 e. The van der Waals surface area contributed by atoms with Crippen LogP contribution in [0.15, 0.2) is 52.3 Å². The molecule has 34 heavy (non-hydrogen) atoms. The zero-order chi connectivity index (χ0) is 25.1. The van der Waals surface area contributed by atoms with Gasteiger partial charge in [0.05, 0.1) is 21.2 Å². The van der Waals surface area contributed by atoms with Crippen LogP contribution in [0.1, 0.15) is 40.0 Å². The first-order valence-corrected chi connectivity index (χ1v) is 14.2. The van der Waals surface area contributed by atoms with Crippen molar-refractivity contribution < 1.29 is 28.2 Å². The Balaban J connectivity index is 2.16. The molecule has 0 amide bonds. The van der Waals surface area contributed by atoms with E-state index in [1.54, 1.807) is 6.07 Å². The van der Waals surface area contributed by atoms with Crippen molar-refractivity contribution in [2.75, 3.05) is 30.1 Å². The number of rotatable bonds is 9. The number of aliphatic carboxylic acids is 1. The fourth-order valence-corrected chi connectivity index (χ4v) is 6.82. The molecule has 0 saturated heterocycles. The number of benzene rings is 2. The van der Waals surface area contributed by atoms with Crippen LogP contribution in [0.4, 0.5) is 11.4 Å². The summed E-state index contributed by atoms with van der Waals surface area (Å²) in [5, 5.41) is 19.3. The number of carbonyl (C=O) groups is 1. The Hall–Kier alpha value is -2.23. The number of nitrogens with zero attached hydrogens (tertiary/aromatic N) is 1. The average Bonchev–Trinajstić information content (AvgIpc) is 2.87. The summed E-state index contributed by atoms with van der Waals surface area (Å²) in [6.45, 7) is 5.30. The highest BCUT2D eigenvalue weighted by atomic mass is 32.2. The largest absolute Gasteiger partial charge is 0.489 e. The molecule has 1 aliphatic heterocycles. The minimum absolute atomic E-state index is 0.00122. The van der Waals surface area contributed by atoms with Gasteiger partial charge in [0, 0.05) is 18.3 Å². The summed E-state index contributed by atoms with van der Waals surface area (Å²) in [4.78, 5) is 14.2. The minimum atomic E-state index is -3.68. The normalized spacial score (nSPS) is 21.3. The number of carboxylic acids is 1. The number of sulfone groups is 1. The lowest BCUT2D eigenvalue weighted by Crippen LogP contribution is -2.41. The van der Waals surface area contributed by atoms with Crippen molar-refractivity contribution in [3.63, 3.8) is 0 Å². The standard InChI is InChI=1S/C25H33NO6S2/c1-5-6-12-24(2)15-26(18-10-8-7-9-11-18)19-13-21(33-4)20(14-22(19)34(30,31)17-24)32-16-25(3,29)23(27)28/h7-11,13-14,29H,5-6,12,15-17H2,1-4H3,(H,27,28)/t24-,25-/m0/s1. The molecule has 0 aliphatic carbocycles. The van der Waals surface area contributed by atoms with Gasteiger partial charge >= 0.3 is 5.97 Å². The summed E-state index contributed by atoms with van der Waals surface area (Å²) in [5.41, 5.74) is -1.08. The van der Waals surface area contributed by atoms with Gasteiger partial charge in [0.1, 0.15) is 12.4 Å². The first kappa shape index (κ1) is 26.4. The van der Waals surface area contributed by atoms with Crippen molar-refractivity contribution in [3.05, 3.63) is 42.5 Å². The van der Waals surface area contributed by atoms with Crippen LogP contribution in [-0.2, 0) is 14.6 Å². The van der Waals surface area contributed by atoms with E-state index in [1.165, 1.54) is 17.8 Å². The zero-order valence-corrected chi connectivity index (χ0v) is 21.7. The maximum absolute atomic E-state index is 13.7. The summed E-state index contributed by atoms with van der Waals surface area (Å²) in [7, 11) is -3.68. The number of hydrogen-bond donors (Lipinski definition) is 2. The molecule has 186 valence electrons. The third-order valence-electron chi connectivity index (χ3n) is 6.12. The van der Waals surface area contributed by atoms with Crippen LogP contribution in [0.3, 0.4) is 0 Å². The zero-order valence-electron chi connectivity index (χ0n) is 20.1. The van der Waals surface area contributed by atoms with E-state index in [1.807, 2.05) is 43.5 Å². The Morgan fingerprint density at radius 3 is 2.53 bits per heavy atom. The molecule has 0 fully saturated rings. The van der Waals surface area contributed by atoms with Crippen molar-refractivity contribution in [1.29, 1.82) is 0 Å². The maximum atomic E-state index is 13.7. The summed E-state index contributed by atoms with van der Waals surface area (Å²) in [6.07, 6.45) is 4.53. The third-order valence-corrected chi connectivity index (χ3v) is 8.95. The third kappa shape index (κ3) is 5.70. The Bertz CT molecular complexity index is 1130.